The number of rotatable bonds is 0. The van der Waals surface area contributed by atoms with Gasteiger partial charge in [0.15, 0.2) is 0 Å². The van der Waals surface area contributed by atoms with Crippen molar-refractivity contribution in [3.8, 4) is 0 Å². The zero-order chi connectivity index (χ0) is 6.57. The Morgan fingerprint density at radius 3 is 2.22 bits per heavy atom. The van der Waals surface area contributed by atoms with E-state index in [-0.39, 0.29) is 17.7 Å². The Bertz CT molecular complexity index is 153. The second-order valence-corrected chi connectivity index (χ2v) is 1.69. The molecule has 0 N–H and O–H groups in total. The van der Waals surface area contributed by atoms with Gasteiger partial charge in [0.05, 0.1) is 14.1 Å². The van der Waals surface area contributed by atoms with Crippen molar-refractivity contribution in [1.29, 1.82) is 0 Å². The van der Waals surface area contributed by atoms with Crippen LogP contribution in [0, 0.1) is 0 Å². The van der Waals surface area contributed by atoms with E-state index in [0.717, 1.165) is 0 Å². The van der Waals surface area contributed by atoms with Crippen molar-refractivity contribution in [2.24, 2.45) is 5.11 Å². The van der Waals surface area contributed by atoms with Gasteiger partial charge >= 0.3 is 0 Å². The average molecular weight is 169 g/mol. The van der Waals surface area contributed by atoms with Crippen LogP contribution >= 0.6 is 11.6 Å². The lowest BCUT2D eigenvalue weighted by Crippen LogP contribution is -3.00. The van der Waals surface area contributed by atoms with Crippen LogP contribution in [-0.4, -0.2) is 24.0 Å². The summed E-state index contributed by atoms with van der Waals surface area (Å²) >= 11 is 5.34. The van der Waals surface area contributed by atoms with Crippen LogP contribution in [0.2, 0.25) is 0 Å². The van der Waals surface area contributed by atoms with Crippen molar-refractivity contribution in [1.82, 2.24) is 0 Å². The molecular weight excluding hydrogens is 163 g/mol. The first-order valence-electron chi connectivity index (χ1n) is 1.93. The molecule has 0 aromatic heterocycles. The summed E-state index contributed by atoms with van der Waals surface area (Å²) < 4.78 is 1.52. The van der Waals surface area contributed by atoms with Gasteiger partial charge in [-0.25, -0.2) is 0 Å². The standard InChI is InChI=1S/C3H6ClN4.ClH/c1-8(2)3(4)6-7-5;/h1-2H3;1H/q+1;/p-1. The van der Waals surface area contributed by atoms with Gasteiger partial charge < -0.3 is 12.4 Å². The van der Waals surface area contributed by atoms with E-state index in [9.17, 15) is 0 Å². The molecule has 6 heteroatoms. The molecule has 0 aliphatic rings. The van der Waals surface area contributed by atoms with E-state index in [4.69, 9.17) is 17.1 Å². The van der Waals surface area contributed by atoms with Crippen molar-refractivity contribution in [2.45, 2.75) is 0 Å². The third kappa shape index (κ3) is 5.43. The molecule has 0 unspecified atom stereocenters. The topological polar surface area (TPSA) is 51.8 Å². The van der Waals surface area contributed by atoms with Crippen molar-refractivity contribution in [2.75, 3.05) is 14.1 Å². The highest BCUT2D eigenvalue weighted by molar-refractivity contribution is 6.63. The number of azide groups is 1. The maximum absolute atomic E-state index is 7.81. The number of hydrogen-bond donors (Lipinski definition) is 0. The molecule has 0 heterocycles. The van der Waals surface area contributed by atoms with Crippen molar-refractivity contribution >= 4 is 16.9 Å². The Balaban J connectivity index is 0. The van der Waals surface area contributed by atoms with Gasteiger partial charge in [0.2, 0.25) is 0 Å². The minimum absolute atomic E-state index is 0. The summed E-state index contributed by atoms with van der Waals surface area (Å²) in [6.07, 6.45) is 0. The quantitative estimate of drug-likeness (QED) is 0.0778. The van der Waals surface area contributed by atoms with E-state index in [1.54, 1.807) is 14.1 Å². The monoisotopic (exact) mass is 168 g/mol. The number of halogens is 2. The van der Waals surface area contributed by atoms with Gasteiger partial charge in [0.1, 0.15) is 0 Å². The molecule has 0 aliphatic carbocycles. The third-order valence-corrected chi connectivity index (χ3v) is 0.910. The predicted octanol–water partition coefficient (Wildman–Crippen LogP) is -1.83. The molecule has 4 nitrogen and oxygen atoms in total. The van der Waals surface area contributed by atoms with Crippen molar-refractivity contribution in [3.05, 3.63) is 10.4 Å². The van der Waals surface area contributed by atoms with E-state index in [0.29, 0.717) is 0 Å². The average Bonchev–Trinajstić information content (AvgIpc) is 1.67. The molecule has 52 valence electrons. The Morgan fingerprint density at radius 1 is 1.67 bits per heavy atom. The first-order valence-corrected chi connectivity index (χ1v) is 2.31. The maximum Gasteiger partial charge on any atom is 0.251 e. The van der Waals surface area contributed by atoms with Crippen LogP contribution in [0.3, 0.4) is 0 Å². The summed E-state index contributed by atoms with van der Waals surface area (Å²) in [5, 5.41) is 3.26. The first-order chi connectivity index (χ1) is 3.68. The van der Waals surface area contributed by atoms with Crippen LogP contribution in [0.25, 0.3) is 10.4 Å². The Labute approximate surface area is 64.2 Å². The molecule has 0 aromatic rings. The summed E-state index contributed by atoms with van der Waals surface area (Å²) in [5.41, 5.74) is 7.81. The van der Waals surface area contributed by atoms with Crippen LogP contribution in [0.5, 0.6) is 0 Å². The fraction of sp³-hybridized carbons (Fsp3) is 0.667. The molecule has 0 fully saturated rings. The Morgan fingerprint density at radius 2 is 2.11 bits per heavy atom. The molecule has 0 atom stereocenters. The minimum atomic E-state index is 0. The fourth-order valence-electron chi connectivity index (χ4n) is 0.126. The summed E-state index contributed by atoms with van der Waals surface area (Å²) in [6.45, 7) is 0. The summed E-state index contributed by atoms with van der Waals surface area (Å²) in [5.74, 6) is 0. The molecule has 0 radical (unpaired) electrons. The van der Waals surface area contributed by atoms with Crippen LogP contribution in [0.1, 0.15) is 0 Å². The van der Waals surface area contributed by atoms with Gasteiger partial charge in [-0.1, -0.05) is 0 Å². The summed E-state index contributed by atoms with van der Waals surface area (Å²) in [6, 6.07) is 0. The van der Waals surface area contributed by atoms with Crippen LogP contribution in [0.15, 0.2) is 5.11 Å². The molecule has 0 aliphatic heterocycles. The van der Waals surface area contributed by atoms with E-state index < -0.39 is 0 Å². The second-order valence-electron chi connectivity index (χ2n) is 1.35. The van der Waals surface area contributed by atoms with E-state index in [1.165, 1.54) is 4.58 Å². The first kappa shape index (κ1) is 11.4. The Hall–Kier alpha value is -0.440. The van der Waals surface area contributed by atoms with Crippen molar-refractivity contribution < 1.29 is 17.0 Å². The Kier molecular flexibility index (Phi) is 7.19. The normalized spacial score (nSPS) is 6.56. The molecular formula is C3H6Cl2N4. The molecule has 0 bridgehead atoms. The molecule has 0 amide bonds. The molecule has 0 saturated heterocycles. The van der Waals surface area contributed by atoms with Crippen LogP contribution in [0.4, 0.5) is 0 Å². The SMILES string of the molecule is C[N+](C)=C(Cl)N=[N+]=[N-].[Cl-]. The lowest BCUT2D eigenvalue weighted by Gasteiger charge is -1.86. The summed E-state index contributed by atoms with van der Waals surface area (Å²) in [4.78, 5) is 2.47. The van der Waals surface area contributed by atoms with Gasteiger partial charge in [-0.15, -0.1) is 0 Å². The van der Waals surface area contributed by atoms with Crippen LogP contribution < -0.4 is 12.4 Å². The largest absolute Gasteiger partial charge is 1.00 e. The highest BCUT2D eigenvalue weighted by Crippen LogP contribution is 1.83. The molecule has 0 spiro atoms. The lowest BCUT2D eigenvalue weighted by atomic mass is 11.0. The molecule has 9 heavy (non-hydrogen) atoms. The highest BCUT2D eigenvalue weighted by atomic mass is 35.5. The smallest absolute Gasteiger partial charge is 0.251 e. The van der Waals surface area contributed by atoms with E-state index in [1.807, 2.05) is 0 Å². The number of hydrogen-bond acceptors (Lipinski definition) is 0. The highest BCUT2D eigenvalue weighted by Gasteiger charge is 1.88. The molecule has 0 rings (SSSR count). The van der Waals surface area contributed by atoms with E-state index in [2.05, 4.69) is 10.0 Å². The zero-order valence-corrected chi connectivity index (χ0v) is 6.56. The van der Waals surface area contributed by atoms with Gasteiger partial charge in [-0.05, 0) is 22.2 Å². The predicted molar refractivity (Wildman–Crippen MR) is 32.1 cm³/mol. The fourth-order valence-corrected chi connectivity index (χ4v) is 0.160. The number of nitrogens with zero attached hydrogens (tertiary/aromatic N) is 4. The van der Waals surface area contributed by atoms with Gasteiger partial charge in [0.25, 0.3) is 5.29 Å². The zero-order valence-electron chi connectivity index (χ0n) is 5.04. The minimum Gasteiger partial charge on any atom is -1.00 e. The summed E-state index contributed by atoms with van der Waals surface area (Å²) in [7, 11) is 3.38. The van der Waals surface area contributed by atoms with Crippen LogP contribution in [-0.2, 0) is 0 Å². The lowest BCUT2D eigenvalue weighted by molar-refractivity contribution is -0.462. The molecule has 0 aromatic carbocycles. The molecule has 0 saturated carbocycles. The second kappa shape index (κ2) is 5.69. The van der Waals surface area contributed by atoms with Crippen molar-refractivity contribution in [3.63, 3.8) is 0 Å². The third-order valence-electron chi connectivity index (χ3n) is 0.496. The number of amidine groups is 1. The van der Waals surface area contributed by atoms with Gasteiger partial charge in [-0.3, -0.25) is 4.58 Å². The van der Waals surface area contributed by atoms with Gasteiger partial charge in [0, 0.05) is 4.91 Å². The van der Waals surface area contributed by atoms with E-state index >= 15 is 0 Å². The maximum atomic E-state index is 7.81. The van der Waals surface area contributed by atoms with Gasteiger partial charge in [-0.2, -0.15) is 0 Å².